The number of nitrogens with one attached hydrogen (secondary N) is 1. The number of hydrogen-bond acceptors (Lipinski definition) is 4. The van der Waals surface area contributed by atoms with E-state index in [-0.39, 0.29) is 11.5 Å². The highest BCUT2D eigenvalue weighted by molar-refractivity contribution is 5.40. The molecule has 0 unspecified atom stereocenters. The molecule has 1 rings (SSSR count). The number of aliphatic hydroxyl groups is 1. The van der Waals surface area contributed by atoms with Crippen molar-refractivity contribution in [2.24, 2.45) is 0 Å². The van der Waals surface area contributed by atoms with Gasteiger partial charge in [0.15, 0.2) is 11.5 Å². The van der Waals surface area contributed by atoms with Crippen LogP contribution in [0.25, 0.3) is 0 Å². The van der Waals surface area contributed by atoms with E-state index in [9.17, 15) is 5.11 Å². The molecular weight excluding hydrogens is 194 g/mol. The molecule has 0 aliphatic carbocycles. The zero-order valence-corrected chi connectivity index (χ0v) is 8.35. The average molecular weight is 209 g/mol. The first-order valence-electron chi connectivity index (χ1n) is 4.75. The molecule has 4 heteroatoms. The fourth-order valence-corrected chi connectivity index (χ4v) is 1.20. The van der Waals surface area contributed by atoms with Crippen LogP contribution in [0, 0.1) is 0 Å². The Morgan fingerprint density at radius 3 is 2.67 bits per heavy atom. The largest absolute Gasteiger partial charge is 0.516 e. The SMILES string of the molecule is OC=CCNCCc1ccc(O)c(O)c1. The second-order valence-electron chi connectivity index (χ2n) is 3.16. The molecule has 82 valence electrons. The van der Waals surface area contributed by atoms with Crippen LogP contribution in [0.1, 0.15) is 5.56 Å². The first-order valence-corrected chi connectivity index (χ1v) is 4.75. The number of phenols is 2. The molecule has 0 saturated carbocycles. The van der Waals surface area contributed by atoms with Gasteiger partial charge in [0.2, 0.25) is 0 Å². The highest BCUT2D eigenvalue weighted by atomic mass is 16.3. The summed E-state index contributed by atoms with van der Waals surface area (Å²) < 4.78 is 0. The standard InChI is InChI=1S/C11H15NO3/c13-7-1-5-12-6-4-9-2-3-10(14)11(15)8-9/h1-3,7-8,12-15H,4-6H2. The van der Waals surface area contributed by atoms with Crippen molar-refractivity contribution in [1.82, 2.24) is 5.32 Å². The van der Waals surface area contributed by atoms with Crippen LogP contribution in [0.4, 0.5) is 0 Å². The van der Waals surface area contributed by atoms with Crippen LogP contribution < -0.4 is 5.32 Å². The Bertz CT molecular complexity index is 337. The quantitative estimate of drug-likeness (QED) is 0.335. The van der Waals surface area contributed by atoms with Crippen LogP contribution >= 0.6 is 0 Å². The summed E-state index contributed by atoms with van der Waals surface area (Å²) in [7, 11) is 0. The van der Waals surface area contributed by atoms with Gasteiger partial charge in [0.25, 0.3) is 0 Å². The summed E-state index contributed by atoms with van der Waals surface area (Å²) in [6.07, 6.45) is 3.36. The molecule has 0 aliphatic rings. The molecule has 0 radical (unpaired) electrons. The lowest BCUT2D eigenvalue weighted by Gasteiger charge is -2.04. The minimum absolute atomic E-state index is 0.0947. The van der Waals surface area contributed by atoms with E-state index in [4.69, 9.17) is 10.2 Å². The Hall–Kier alpha value is -1.68. The van der Waals surface area contributed by atoms with Crippen LogP contribution in [-0.2, 0) is 6.42 Å². The Morgan fingerprint density at radius 1 is 1.20 bits per heavy atom. The zero-order chi connectivity index (χ0) is 11.1. The third-order valence-corrected chi connectivity index (χ3v) is 2.00. The van der Waals surface area contributed by atoms with Crippen LogP contribution in [-0.4, -0.2) is 28.4 Å². The number of benzene rings is 1. The molecule has 1 aromatic rings. The van der Waals surface area contributed by atoms with Crippen molar-refractivity contribution in [3.8, 4) is 11.5 Å². The van der Waals surface area contributed by atoms with Crippen LogP contribution in [0.2, 0.25) is 0 Å². The minimum Gasteiger partial charge on any atom is -0.516 e. The molecule has 1 aromatic carbocycles. The summed E-state index contributed by atoms with van der Waals surface area (Å²) in [5, 5.41) is 29.8. The molecule has 0 saturated heterocycles. The van der Waals surface area contributed by atoms with Crippen molar-refractivity contribution in [2.45, 2.75) is 6.42 Å². The molecule has 0 amide bonds. The highest BCUT2D eigenvalue weighted by Gasteiger charge is 1.99. The monoisotopic (exact) mass is 209 g/mol. The topological polar surface area (TPSA) is 72.7 Å². The molecular formula is C11H15NO3. The molecule has 0 fully saturated rings. The highest BCUT2D eigenvalue weighted by Crippen LogP contribution is 2.24. The van der Waals surface area contributed by atoms with Gasteiger partial charge in [-0.25, -0.2) is 0 Å². The van der Waals surface area contributed by atoms with Gasteiger partial charge in [0, 0.05) is 6.54 Å². The van der Waals surface area contributed by atoms with Crippen LogP contribution in [0.5, 0.6) is 11.5 Å². The molecule has 0 bridgehead atoms. The van der Waals surface area contributed by atoms with Crippen LogP contribution in [0.3, 0.4) is 0 Å². The fourth-order valence-electron chi connectivity index (χ4n) is 1.20. The van der Waals surface area contributed by atoms with Gasteiger partial charge in [0.05, 0.1) is 6.26 Å². The van der Waals surface area contributed by atoms with Crippen molar-refractivity contribution < 1.29 is 15.3 Å². The summed E-state index contributed by atoms with van der Waals surface area (Å²) in [6.45, 7) is 1.36. The van der Waals surface area contributed by atoms with Crippen molar-refractivity contribution >= 4 is 0 Å². The molecule has 4 nitrogen and oxygen atoms in total. The second-order valence-corrected chi connectivity index (χ2v) is 3.16. The lowest BCUT2D eigenvalue weighted by molar-refractivity contribution is 0.403. The second kappa shape index (κ2) is 5.93. The Morgan fingerprint density at radius 2 is 2.00 bits per heavy atom. The average Bonchev–Trinajstić information content (AvgIpc) is 2.23. The van der Waals surface area contributed by atoms with Crippen LogP contribution in [0.15, 0.2) is 30.5 Å². The molecule has 0 atom stereocenters. The fraction of sp³-hybridized carbons (Fsp3) is 0.273. The number of aliphatic hydroxyl groups excluding tert-OH is 1. The summed E-state index contributed by atoms with van der Waals surface area (Å²) in [5.74, 6) is -0.197. The smallest absolute Gasteiger partial charge is 0.157 e. The predicted molar refractivity (Wildman–Crippen MR) is 58.1 cm³/mol. The zero-order valence-electron chi connectivity index (χ0n) is 8.35. The third kappa shape index (κ3) is 3.91. The summed E-state index contributed by atoms with van der Waals surface area (Å²) in [5.41, 5.74) is 0.950. The maximum Gasteiger partial charge on any atom is 0.157 e. The number of aromatic hydroxyl groups is 2. The van der Waals surface area contributed by atoms with Gasteiger partial charge in [-0.3, -0.25) is 0 Å². The van der Waals surface area contributed by atoms with Crippen molar-refractivity contribution in [3.05, 3.63) is 36.1 Å². The maximum atomic E-state index is 9.23. The van der Waals surface area contributed by atoms with E-state index in [1.807, 2.05) is 0 Å². The number of phenolic OH excluding ortho intramolecular Hbond substituents is 2. The Kier molecular flexibility index (Phi) is 4.50. The summed E-state index contributed by atoms with van der Waals surface area (Å²) in [4.78, 5) is 0. The Balaban J connectivity index is 2.34. The summed E-state index contributed by atoms with van der Waals surface area (Å²) in [6, 6.07) is 4.77. The lowest BCUT2D eigenvalue weighted by Crippen LogP contribution is -2.16. The molecule has 0 aliphatic heterocycles. The van der Waals surface area contributed by atoms with E-state index in [0.717, 1.165) is 24.8 Å². The van der Waals surface area contributed by atoms with Gasteiger partial charge in [-0.05, 0) is 36.7 Å². The van der Waals surface area contributed by atoms with Gasteiger partial charge in [-0.15, -0.1) is 0 Å². The first-order chi connectivity index (χ1) is 7.24. The number of rotatable bonds is 5. The van der Waals surface area contributed by atoms with E-state index in [2.05, 4.69) is 5.32 Å². The third-order valence-electron chi connectivity index (χ3n) is 2.00. The first kappa shape index (κ1) is 11.4. The van der Waals surface area contributed by atoms with E-state index in [1.165, 1.54) is 6.07 Å². The summed E-state index contributed by atoms with van der Waals surface area (Å²) >= 11 is 0. The molecule has 4 N–H and O–H groups in total. The molecule has 15 heavy (non-hydrogen) atoms. The van der Waals surface area contributed by atoms with Crippen molar-refractivity contribution in [1.29, 1.82) is 0 Å². The molecule has 0 spiro atoms. The predicted octanol–water partition coefficient (Wildman–Crippen LogP) is 1.30. The van der Waals surface area contributed by atoms with Gasteiger partial charge >= 0.3 is 0 Å². The van der Waals surface area contributed by atoms with E-state index < -0.39 is 0 Å². The maximum absolute atomic E-state index is 9.23. The van der Waals surface area contributed by atoms with Gasteiger partial charge in [-0.2, -0.15) is 0 Å². The molecule has 0 heterocycles. The van der Waals surface area contributed by atoms with E-state index in [1.54, 1.807) is 18.2 Å². The Labute approximate surface area is 88.5 Å². The minimum atomic E-state index is -0.102. The normalized spacial score (nSPS) is 10.9. The van der Waals surface area contributed by atoms with Gasteiger partial charge in [-0.1, -0.05) is 6.07 Å². The number of hydrogen-bond donors (Lipinski definition) is 4. The van der Waals surface area contributed by atoms with E-state index in [0.29, 0.717) is 6.54 Å². The van der Waals surface area contributed by atoms with Crippen molar-refractivity contribution in [3.63, 3.8) is 0 Å². The van der Waals surface area contributed by atoms with Crippen molar-refractivity contribution in [2.75, 3.05) is 13.1 Å². The van der Waals surface area contributed by atoms with E-state index >= 15 is 0 Å². The lowest BCUT2D eigenvalue weighted by atomic mass is 10.1. The van der Waals surface area contributed by atoms with Gasteiger partial charge in [0.1, 0.15) is 0 Å². The molecule has 0 aromatic heterocycles. The van der Waals surface area contributed by atoms with Gasteiger partial charge < -0.3 is 20.6 Å².